The summed E-state index contributed by atoms with van der Waals surface area (Å²) in [6.07, 6.45) is 0. The standard InChI is InChI=1S/C15H9ClFNOS/c16-8-5-6-12-10(7-8)14(19)15(20-12)13(18)9-3-1-2-4-11(9)17/h1-7H,18H2. The quantitative estimate of drug-likeness (QED) is 0.807. The maximum atomic E-state index is 13.8. The summed E-state index contributed by atoms with van der Waals surface area (Å²) in [5.41, 5.74) is 6.88. The number of ketones is 1. The highest BCUT2D eigenvalue weighted by Gasteiger charge is 2.29. The van der Waals surface area contributed by atoms with E-state index in [9.17, 15) is 9.18 Å². The molecule has 0 aliphatic carbocycles. The molecular weight excluding hydrogens is 297 g/mol. The fraction of sp³-hybridized carbons (Fsp3) is 0. The Kier molecular flexibility index (Phi) is 3.28. The highest BCUT2D eigenvalue weighted by Crippen LogP contribution is 2.43. The van der Waals surface area contributed by atoms with Gasteiger partial charge in [0.1, 0.15) is 5.82 Å². The molecular formula is C15H9ClFNOS. The molecule has 0 saturated carbocycles. The number of rotatable bonds is 1. The molecule has 2 aromatic carbocycles. The van der Waals surface area contributed by atoms with E-state index in [1.165, 1.54) is 17.8 Å². The first-order chi connectivity index (χ1) is 9.58. The van der Waals surface area contributed by atoms with Gasteiger partial charge >= 0.3 is 0 Å². The Balaban J connectivity index is 2.12. The molecule has 2 N–H and O–H groups in total. The third kappa shape index (κ3) is 2.11. The van der Waals surface area contributed by atoms with E-state index in [4.69, 9.17) is 17.3 Å². The first-order valence-corrected chi connectivity index (χ1v) is 7.04. The van der Waals surface area contributed by atoms with Crippen LogP contribution < -0.4 is 5.73 Å². The van der Waals surface area contributed by atoms with Gasteiger partial charge in [-0.15, -0.1) is 0 Å². The van der Waals surface area contributed by atoms with E-state index in [0.29, 0.717) is 15.5 Å². The van der Waals surface area contributed by atoms with E-state index in [1.54, 1.807) is 36.4 Å². The average Bonchev–Trinajstić information content (AvgIpc) is 2.76. The average molecular weight is 306 g/mol. The Morgan fingerprint density at radius 3 is 2.70 bits per heavy atom. The van der Waals surface area contributed by atoms with Crippen LogP contribution in [0.5, 0.6) is 0 Å². The fourth-order valence-electron chi connectivity index (χ4n) is 2.03. The number of halogens is 2. The van der Waals surface area contributed by atoms with E-state index in [1.807, 2.05) is 0 Å². The molecule has 1 aliphatic rings. The molecule has 2 nitrogen and oxygen atoms in total. The Morgan fingerprint density at radius 2 is 1.95 bits per heavy atom. The first kappa shape index (κ1) is 13.2. The summed E-state index contributed by atoms with van der Waals surface area (Å²) in [5, 5.41) is 0.489. The SMILES string of the molecule is NC(=C1Sc2ccc(Cl)cc2C1=O)c1ccccc1F. The third-order valence-corrected chi connectivity index (χ3v) is 4.43. The molecule has 100 valence electrons. The number of nitrogens with two attached hydrogens (primary N) is 1. The molecule has 20 heavy (non-hydrogen) atoms. The second-order valence-corrected chi connectivity index (χ2v) is 5.78. The van der Waals surface area contributed by atoms with Gasteiger partial charge in [0, 0.05) is 21.0 Å². The summed E-state index contributed by atoms with van der Waals surface area (Å²) < 4.78 is 13.8. The van der Waals surface area contributed by atoms with Gasteiger partial charge in [0.05, 0.1) is 10.6 Å². The molecule has 0 atom stereocenters. The van der Waals surface area contributed by atoms with Crippen molar-refractivity contribution in [3.63, 3.8) is 0 Å². The van der Waals surface area contributed by atoms with Crippen LogP contribution in [0.2, 0.25) is 5.02 Å². The summed E-state index contributed by atoms with van der Waals surface area (Å²) >= 11 is 7.13. The summed E-state index contributed by atoms with van der Waals surface area (Å²) in [7, 11) is 0. The van der Waals surface area contributed by atoms with Crippen LogP contribution in [-0.4, -0.2) is 5.78 Å². The van der Waals surface area contributed by atoms with Crippen molar-refractivity contribution in [3.8, 4) is 0 Å². The highest BCUT2D eigenvalue weighted by atomic mass is 35.5. The van der Waals surface area contributed by atoms with Crippen LogP contribution in [0.1, 0.15) is 15.9 Å². The van der Waals surface area contributed by atoms with Crippen LogP contribution >= 0.6 is 23.4 Å². The van der Waals surface area contributed by atoms with Gasteiger partial charge < -0.3 is 5.73 Å². The van der Waals surface area contributed by atoms with Crippen LogP contribution in [-0.2, 0) is 0 Å². The molecule has 0 bridgehead atoms. The largest absolute Gasteiger partial charge is 0.397 e. The van der Waals surface area contributed by atoms with Gasteiger partial charge in [-0.2, -0.15) is 0 Å². The lowest BCUT2D eigenvalue weighted by Crippen LogP contribution is -2.06. The zero-order chi connectivity index (χ0) is 14.3. The molecule has 0 aromatic heterocycles. The summed E-state index contributed by atoms with van der Waals surface area (Å²) in [6.45, 7) is 0. The van der Waals surface area contributed by atoms with Gasteiger partial charge in [0.15, 0.2) is 0 Å². The Bertz CT molecular complexity index is 757. The maximum Gasteiger partial charge on any atom is 0.203 e. The fourth-order valence-corrected chi connectivity index (χ4v) is 3.24. The van der Waals surface area contributed by atoms with Crippen molar-refractivity contribution in [3.05, 3.63) is 69.3 Å². The molecule has 0 amide bonds. The number of allylic oxidation sites excluding steroid dienone is 1. The van der Waals surface area contributed by atoms with Crippen molar-refractivity contribution in [1.29, 1.82) is 0 Å². The van der Waals surface area contributed by atoms with Crippen LogP contribution in [0.3, 0.4) is 0 Å². The van der Waals surface area contributed by atoms with Crippen molar-refractivity contribution in [2.75, 3.05) is 0 Å². The van der Waals surface area contributed by atoms with Crippen LogP contribution in [0.15, 0.2) is 52.3 Å². The lowest BCUT2D eigenvalue weighted by Gasteiger charge is -2.05. The topological polar surface area (TPSA) is 43.1 Å². The van der Waals surface area contributed by atoms with Gasteiger partial charge in [-0.1, -0.05) is 35.5 Å². The zero-order valence-electron chi connectivity index (χ0n) is 10.2. The van der Waals surface area contributed by atoms with Crippen molar-refractivity contribution < 1.29 is 9.18 Å². The Morgan fingerprint density at radius 1 is 1.20 bits per heavy atom. The maximum absolute atomic E-state index is 13.8. The van der Waals surface area contributed by atoms with Gasteiger partial charge in [-0.3, -0.25) is 4.79 Å². The molecule has 3 rings (SSSR count). The number of Topliss-reactive ketones (excluding diaryl/α,β-unsaturated/α-hetero) is 1. The summed E-state index contributed by atoms with van der Waals surface area (Å²) in [4.78, 5) is 13.5. The minimum atomic E-state index is -0.445. The zero-order valence-corrected chi connectivity index (χ0v) is 11.8. The third-order valence-electron chi connectivity index (χ3n) is 3.01. The van der Waals surface area contributed by atoms with E-state index >= 15 is 0 Å². The number of carbonyl (C=O) groups excluding carboxylic acids is 1. The molecule has 0 fully saturated rings. The molecule has 0 saturated heterocycles. The smallest absolute Gasteiger partial charge is 0.203 e. The Labute approximate surface area is 124 Å². The molecule has 0 radical (unpaired) electrons. The second kappa shape index (κ2) is 4.96. The lowest BCUT2D eigenvalue weighted by atomic mass is 10.1. The van der Waals surface area contributed by atoms with E-state index < -0.39 is 5.82 Å². The van der Waals surface area contributed by atoms with Crippen molar-refractivity contribution in [2.24, 2.45) is 5.73 Å². The number of benzene rings is 2. The van der Waals surface area contributed by atoms with Gasteiger partial charge in [-0.25, -0.2) is 4.39 Å². The highest BCUT2D eigenvalue weighted by molar-refractivity contribution is 8.05. The lowest BCUT2D eigenvalue weighted by molar-refractivity contribution is 0.104. The minimum Gasteiger partial charge on any atom is -0.397 e. The number of carbonyl (C=O) groups is 1. The molecule has 1 heterocycles. The first-order valence-electron chi connectivity index (χ1n) is 5.84. The minimum absolute atomic E-state index is 0.158. The number of hydrogen-bond acceptors (Lipinski definition) is 3. The monoisotopic (exact) mass is 305 g/mol. The van der Waals surface area contributed by atoms with E-state index in [0.717, 1.165) is 4.90 Å². The van der Waals surface area contributed by atoms with Crippen molar-refractivity contribution in [2.45, 2.75) is 4.90 Å². The number of fused-ring (bicyclic) bond motifs is 1. The Hall–Kier alpha value is -1.78. The van der Waals surface area contributed by atoms with E-state index in [-0.39, 0.29) is 17.0 Å². The van der Waals surface area contributed by atoms with Crippen LogP contribution in [0.4, 0.5) is 4.39 Å². The van der Waals surface area contributed by atoms with Crippen LogP contribution in [0, 0.1) is 5.82 Å². The molecule has 2 aromatic rings. The van der Waals surface area contributed by atoms with E-state index in [2.05, 4.69) is 0 Å². The second-order valence-electron chi connectivity index (χ2n) is 4.29. The van der Waals surface area contributed by atoms with Gasteiger partial charge in [0.25, 0.3) is 0 Å². The van der Waals surface area contributed by atoms with Crippen LogP contribution in [0.25, 0.3) is 5.70 Å². The van der Waals surface area contributed by atoms with Crippen molar-refractivity contribution >= 4 is 34.8 Å². The summed E-state index contributed by atoms with van der Waals surface area (Å²) in [6, 6.07) is 11.2. The number of thioether (sulfide) groups is 1. The predicted octanol–water partition coefficient (Wildman–Crippen LogP) is 4.10. The molecule has 0 unspecified atom stereocenters. The molecule has 0 spiro atoms. The normalized spacial score (nSPS) is 16.2. The van der Waals surface area contributed by atoms with Crippen molar-refractivity contribution in [1.82, 2.24) is 0 Å². The number of hydrogen-bond donors (Lipinski definition) is 1. The molecule has 5 heteroatoms. The summed E-state index contributed by atoms with van der Waals surface area (Å²) in [5.74, 6) is -0.659. The van der Waals surface area contributed by atoms with Gasteiger partial charge in [0.2, 0.25) is 5.78 Å². The molecule has 1 aliphatic heterocycles. The van der Waals surface area contributed by atoms with Gasteiger partial charge in [-0.05, 0) is 30.3 Å². The predicted molar refractivity (Wildman–Crippen MR) is 79.1 cm³/mol.